The van der Waals surface area contributed by atoms with E-state index in [4.69, 9.17) is 0 Å². The first-order valence-electron chi connectivity index (χ1n) is 5.09. The van der Waals surface area contributed by atoms with Crippen molar-refractivity contribution < 1.29 is 0 Å². The van der Waals surface area contributed by atoms with E-state index >= 15 is 0 Å². The molecule has 2 heterocycles. The first-order valence-corrected chi connectivity index (χ1v) is 5.88. The number of rotatable bonds is 1. The Morgan fingerprint density at radius 1 is 1.29 bits per heavy atom. The quantitative estimate of drug-likeness (QED) is 0.716. The Morgan fingerprint density at radius 2 is 1.93 bits per heavy atom. The van der Waals surface area contributed by atoms with Crippen molar-refractivity contribution in [2.75, 3.05) is 4.90 Å². The highest BCUT2D eigenvalue weighted by atomic mass is 79.9. The van der Waals surface area contributed by atoms with E-state index < -0.39 is 0 Å². The van der Waals surface area contributed by atoms with E-state index in [9.17, 15) is 0 Å². The lowest BCUT2D eigenvalue weighted by Crippen LogP contribution is -2.33. The molecule has 0 aliphatic carbocycles. The summed E-state index contributed by atoms with van der Waals surface area (Å²) >= 11 is 3.41. The van der Waals surface area contributed by atoms with Gasteiger partial charge in [0.2, 0.25) is 0 Å². The largest absolute Gasteiger partial charge is 0.351 e. The van der Waals surface area contributed by atoms with Crippen LogP contribution < -0.4 is 4.90 Å². The zero-order chi connectivity index (χ0) is 10.1. The Hall–Kier alpha value is -0.570. The summed E-state index contributed by atoms with van der Waals surface area (Å²) in [5.74, 6) is 1.09. The number of anilines is 1. The molecule has 2 unspecified atom stereocenters. The zero-order valence-corrected chi connectivity index (χ0v) is 10.2. The predicted octanol–water partition coefficient (Wildman–Crippen LogP) is 3.22. The van der Waals surface area contributed by atoms with Gasteiger partial charge in [-0.1, -0.05) is 6.07 Å². The van der Waals surface area contributed by atoms with Gasteiger partial charge in [-0.15, -0.1) is 0 Å². The molecular formula is C11H15BrN2. The van der Waals surface area contributed by atoms with Gasteiger partial charge in [0.15, 0.2) is 0 Å². The molecule has 2 atom stereocenters. The molecule has 3 heteroatoms. The van der Waals surface area contributed by atoms with Crippen LogP contribution >= 0.6 is 15.9 Å². The second-order valence-corrected chi connectivity index (χ2v) is 4.81. The maximum atomic E-state index is 4.50. The molecule has 1 fully saturated rings. The number of nitrogens with zero attached hydrogens (tertiary/aromatic N) is 2. The molecule has 14 heavy (non-hydrogen) atoms. The average molecular weight is 255 g/mol. The minimum absolute atomic E-state index is 0.617. The molecule has 2 rings (SSSR count). The smallest absolute Gasteiger partial charge is 0.130 e. The molecule has 0 spiro atoms. The molecule has 1 aliphatic heterocycles. The van der Waals surface area contributed by atoms with Gasteiger partial charge >= 0.3 is 0 Å². The summed E-state index contributed by atoms with van der Waals surface area (Å²) in [6.07, 6.45) is 2.55. The van der Waals surface area contributed by atoms with Crippen LogP contribution in [0.2, 0.25) is 0 Å². The lowest BCUT2D eigenvalue weighted by molar-refractivity contribution is 0.682. The number of hydrogen-bond acceptors (Lipinski definition) is 2. The fraction of sp³-hybridized carbons (Fsp3) is 0.545. The molecule has 0 amide bonds. The van der Waals surface area contributed by atoms with E-state index in [1.165, 1.54) is 12.8 Å². The highest BCUT2D eigenvalue weighted by molar-refractivity contribution is 9.10. The minimum atomic E-state index is 0.617. The van der Waals surface area contributed by atoms with Crippen LogP contribution in [0.4, 0.5) is 5.82 Å². The molecule has 2 nitrogen and oxygen atoms in total. The molecule has 1 saturated heterocycles. The predicted molar refractivity (Wildman–Crippen MR) is 62.6 cm³/mol. The van der Waals surface area contributed by atoms with Crippen molar-refractivity contribution in [2.24, 2.45) is 0 Å². The third kappa shape index (κ3) is 1.78. The van der Waals surface area contributed by atoms with Crippen molar-refractivity contribution in [3.8, 4) is 0 Å². The summed E-state index contributed by atoms with van der Waals surface area (Å²) in [6.45, 7) is 4.54. The van der Waals surface area contributed by atoms with Gasteiger partial charge in [0.05, 0.1) is 0 Å². The van der Waals surface area contributed by atoms with E-state index in [0.29, 0.717) is 12.1 Å². The average Bonchev–Trinajstić information content (AvgIpc) is 2.46. The van der Waals surface area contributed by atoms with E-state index in [1.807, 2.05) is 12.1 Å². The minimum Gasteiger partial charge on any atom is -0.351 e. The second kappa shape index (κ2) is 3.89. The molecule has 0 aromatic carbocycles. The summed E-state index contributed by atoms with van der Waals surface area (Å²) in [5.41, 5.74) is 0. The maximum absolute atomic E-state index is 4.50. The van der Waals surface area contributed by atoms with Gasteiger partial charge in [0, 0.05) is 12.1 Å². The molecule has 1 aromatic rings. The van der Waals surface area contributed by atoms with Crippen LogP contribution in [0.1, 0.15) is 26.7 Å². The lowest BCUT2D eigenvalue weighted by atomic mass is 10.2. The topological polar surface area (TPSA) is 16.1 Å². The standard InChI is InChI=1S/C11H15BrN2/c1-8-6-7-9(2)14(8)11-5-3-4-10(12)13-11/h3-5,8-9H,6-7H2,1-2H3. The lowest BCUT2D eigenvalue weighted by Gasteiger charge is -2.27. The Labute approximate surface area is 93.5 Å². The summed E-state index contributed by atoms with van der Waals surface area (Å²) in [6, 6.07) is 7.33. The summed E-state index contributed by atoms with van der Waals surface area (Å²) in [7, 11) is 0. The van der Waals surface area contributed by atoms with E-state index in [1.54, 1.807) is 0 Å². The Kier molecular flexibility index (Phi) is 2.77. The SMILES string of the molecule is CC1CCC(C)N1c1cccc(Br)n1. The maximum Gasteiger partial charge on any atom is 0.130 e. The van der Waals surface area contributed by atoms with Crippen LogP contribution in [0, 0.1) is 0 Å². The first kappa shape index (κ1) is 9.97. The van der Waals surface area contributed by atoms with Crippen LogP contribution in [0.5, 0.6) is 0 Å². The van der Waals surface area contributed by atoms with Crippen LogP contribution in [0.25, 0.3) is 0 Å². The molecule has 0 radical (unpaired) electrons. The third-order valence-corrected chi connectivity index (χ3v) is 3.36. The fourth-order valence-corrected chi connectivity index (χ4v) is 2.52. The van der Waals surface area contributed by atoms with Crippen LogP contribution in [-0.4, -0.2) is 17.1 Å². The van der Waals surface area contributed by atoms with Gasteiger partial charge < -0.3 is 4.90 Å². The van der Waals surface area contributed by atoms with Crippen molar-refractivity contribution in [1.29, 1.82) is 0 Å². The molecule has 76 valence electrons. The van der Waals surface area contributed by atoms with Gasteiger partial charge in [-0.25, -0.2) is 4.98 Å². The monoisotopic (exact) mass is 254 g/mol. The molecule has 0 N–H and O–H groups in total. The highest BCUT2D eigenvalue weighted by Crippen LogP contribution is 2.29. The van der Waals surface area contributed by atoms with Gasteiger partial charge in [0.1, 0.15) is 10.4 Å². The second-order valence-electron chi connectivity index (χ2n) is 4.00. The number of halogens is 1. The normalized spacial score (nSPS) is 26.9. The summed E-state index contributed by atoms with van der Waals surface area (Å²) in [4.78, 5) is 6.91. The Bertz CT molecular complexity index is 317. The Balaban J connectivity index is 2.29. The third-order valence-electron chi connectivity index (χ3n) is 2.92. The summed E-state index contributed by atoms with van der Waals surface area (Å²) < 4.78 is 0.918. The van der Waals surface area contributed by atoms with Gasteiger partial charge in [-0.3, -0.25) is 0 Å². The molecule has 1 aromatic heterocycles. The molecule has 0 bridgehead atoms. The van der Waals surface area contributed by atoms with E-state index in [-0.39, 0.29) is 0 Å². The van der Waals surface area contributed by atoms with Crippen LogP contribution in [-0.2, 0) is 0 Å². The van der Waals surface area contributed by atoms with Crippen molar-refractivity contribution in [3.05, 3.63) is 22.8 Å². The van der Waals surface area contributed by atoms with Crippen LogP contribution in [0.15, 0.2) is 22.8 Å². The molecular weight excluding hydrogens is 240 g/mol. The fourth-order valence-electron chi connectivity index (χ4n) is 2.19. The van der Waals surface area contributed by atoms with Crippen molar-refractivity contribution in [3.63, 3.8) is 0 Å². The summed E-state index contributed by atoms with van der Waals surface area (Å²) in [5, 5.41) is 0. The number of pyridine rings is 1. The number of hydrogen-bond donors (Lipinski definition) is 0. The zero-order valence-electron chi connectivity index (χ0n) is 8.57. The van der Waals surface area contributed by atoms with Gasteiger partial charge in [0.25, 0.3) is 0 Å². The van der Waals surface area contributed by atoms with Crippen molar-refractivity contribution in [2.45, 2.75) is 38.8 Å². The van der Waals surface area contributed by atoms with E-state index in [2.05, 4.69) is 45.7 Å². The van der Waals surface area contributed by atoms with E-state index in [0.717, 1.165) is 10.4 Å². The van der Waals surface area contributed by atoms with Crippen molar-refractivity contribution >= 4 is 21.7 Å². The highest BCUT2D eigenvalue weighted by Gasteiger charge is 2.28. The van der Waals surface area contributed by atoms with Gasteiger partial charge in [-0.2, -0.15) is 0 Å². The van der Waals surface area contributed by atoms with Crippen LogP contribution in [0.3, 0.4) is 0 Å². The number of aromatic nitrogens is 1. The Morgan fingerprint density at radius 3 is 2.50 bits per heavy atom. The molecule has 0 saturated carbocycles. The van der Waals surface area contributed by atoms with Crippen molar-refractivity contribution in [1.82, 2.24) is 4.98 Å². The molecule has 1 aliphatic rings. The first-order chi connectivity index (χ1) is 6.68. The van der Waals surface area contributed by atoms with Gasteiger partial charge in [-0.05, 0) is 54.8 Å².